The van der Waals surface area contributed by atoms with E-state index in [2.05, 4.69) is 16.0 Å². The van der Waals surface area contributed by atoms with Gasteiger partial charge in [-0.05, 0) is 44.2 Å². The lowest BCUT2D eigenvalue weighted by Gasteiger charge is -2.24. The molecule has 0 aliphatic rings. The summed E-state index contributed by atoms with van der Waals surface area (Å²) < 4.78 is 0. The molecule has 11 N–H and O–H groups in total. The van der Waals surface area contributed by atoms with E-state index in [0.29, 0.717) is 19.4 Å². The van der Waals surface area contributed by atoms with Gasteiger partial charge >= 0.3 is 11.9 Å². The summed E-state index contributed by atoms with van der Waals surface area (Å²) in [6.45, 7) is 0.333. The van der Waals surface area contributed by atoms with Crippen molar-refractivity contribution < 1.29 is 39.0 Å². The second kappa shape index (κ2) is 16.7. The quantitative estimate of drug-likeness (QED) is 0.0953. The third-order valence-electron chi connectivity index (χ3n) is 5.51. The third kappa shape index (κ3) is 12.3. The summed E-state index contributed by atoms with van der Waals surface area (Å²) in [5, 5.41) is 25.4. The highest BCUT2D eigenvalue weighted by molar-refractivity contribution is 5.96. The summed E-state index contributed by atoms with van der Waals surface area (Å²) in [5.74, 6) is -6.20. The number of hydrogen-bond donors (Lipinski definition) is 8. The van der Waals surface area contributed by atoms with Crippen molar-refractivity contribution in [3.63, 3.8) is 0 Å². The molecule has 1 aromatic carbocycles. The van der Waals surface area contributed by atoms with Crippen molar-refractivity contribution in [1.29, 1.82) is 0 Å². The van der Waals surface area contributed by atoms with E-state index in [1.54, 1.807) is 30.3 Å². The number of carbonyl (C=O) groups excluding carboxylic acids is 4. The molecule has 14 nitrogen and oxygen atoms in total. The predicted octanol–water partition coefficient (Wildman–Crippen LogP) is -2.04. The van der Waals surface area contributed by atoms with Gasteiger partial charge in [0.1, 0.15) is 18.1 Å². The SMILES string of the molecule is NCCCCC(NC(=O)C(CCC(=O)O)NC(=O)C(CC(N)=O)NC(=O)C(N)Cc1ccccc1)C(=O)O. The number of carbonyl (C=O) groups is 6. The molecule has 4 amide bonds. The number of unbranched alkanes of at least 4 members (excludes halogenated alkanes) is 1. The second-order valence-electron chi connectivity index (χ2n) is 8.71. The van der Waals surface area contributed by atoms with Gasteiger partial charge in [-0.25, -0.2) is 4.79 Å². The molecule has 0 fully saturated rings. The Morgan fingerprint density at radius 2 is 1.37 bits per heavy atom. The van der Waals surface area contributed by atoms with E-state index in [0.717, 1.165) is 5.56 Å². The molecule has 0 saturated carbocycles. The molecule has 14 heteroatoms. The van der Waals surface area contributed by atoms with Gasteiger partial charge in [-0.15, -0.1) is 0 Å². The molecule has 4 unspecified atom stereocenters. The molecule has 0 aliphatic carbocycles. The van der Waals surface area contributed by atoms with Crippen LogP contribution in [0.2, 0.25) is 0 Å². The predicted molar refractivity (Wildman–Crippen MR) is 135 cm³/mol. The van der Waals surface area contributed by atoms with Crippen LogP contribution in [0, 0.1) is 0 Å². The van der Waals surface area contributed by atoms with Crippen molar-refractivity contribution in [2.45, 2.75) is 69.1 Å². The average molecular weight is 537 g/mol. The van der Waals surface area contributed by atoms with Crippen molar-refractivity contribution in [3.8, 4) is 0 Å². The lowest BCUT2D eigenvalue weighted by atomic mass is 10.0. The van der Waals surface area contributed by atoms with Gasteiger partial charge in [0.15, 0.2) is 0 Å². The second-order valence-corrected chi connectivity index (χ2v) is 8.71. The van der Waals surface area contributed by atoms with Crippen LogP contribution in [0.4, 0.5) is 0 Å². The van der Waals surface area contributed by atoms with Gasteiger partial charge < -0.3 is 43.4 Å². The van der Waals surface area contributed by atoms with Gasteiger partial charge in [-0.1, -0.05) is 30.3 Å². The summed E-state index contributed by atoms with van der Waals surface area (Å²) in [5.41, 5.74) is 17.3. The number of rotatable bonds is 18. The van der Waals surface area contributed by atoms with Gasteiger partial charge in [0, 0.05) is 6.42 Å². The first kappa shape index (κ1) is 32.0. The molecular weight excluding hydrogens is 500 g/mol. The molecule has 0 heterocycles. The summed E-state index contributed by atoms with van der Waals surface area (Å²) in [4.78, 5) is 72.6. The van der Waals surface area contributed by atoms with Crippen LogP contribution in [0.1, 0.15) is 44.1 Å². The Balaban J connectivity index is 2.97. The summed E-state index contributed by atoms with van der Waals surface area (Å²) >= 11 is 0. The molecule has 1 rings (SSSR count). The summed E-state index contributed by atoms with van der Waals surface area (Å²) in [6, 6.07) is 3.48. The molecule has 4 atom stereocenters. The Labute approximate surface area is 219 Å². The fourth-order valence-corrected chi connectivity index (χ4v) is 3.48. The summed E-state index contributed by atoms with van der Waals surface area (Å²) in [7, 11) is 0. The van der Waals surface area contributed by atoms with Crippen molar-refractivity contribution >= 4 is 35.6 Å². The summed E-state index contributed by atoms with van der Waals surface area (Å²) in [6.07, 6.45) is -0.389. The van der Waals surface area contributed by atoms with Gasteiger partial charge in [0.2, 0.25) is 23.6 Å². The van der Waals surface area contributed by atoms with Crippen LogP contribution in [-0.4, -0.2) is 76.5 Å². The highest BCUT2D eigenvalue weighted by atomic mass is 16.4. The first-order valence-electron chi connectivity index (χ1n) is 12.1. The van der Waals surface area contributed by atoms with Crippen LogP contribution in [0.5, 0.6) is 0 Å². The minimum absolute atomic E-state index is 0.0670. The van der Waals surface area contributed by atoms with E-state index in [-0.39, 0.29) is 19.3 Å². The number of hydrogen-bond acceptors (Lipinski definition) is 8. The Morgan fingerprint density at radius 1 is 0.789 bits per heavy atom. The highest BCUT2D eigenvalue weighted by Gasteiger charge is 2.31. The number of amides is 4. The monoisotopic (exact) mass is 536 g/mol. The van der Waals surface area contributed by atoms with Crippen LogP contribution in [0.3, 0.4) is 0 Å². The minimum Gasteiger partial charge on any atom is -0.481 e. The lowest BCUT2D eigenvalue weighted by Crippen LogP contribution is -2.58. The van der Waals surface area contributed by atoms with Crippen molar-refractivity contribution in [2.75, 3.05) is 6.54 Å². The largest absolute Gasteiger partial charge is 0.481 e. The fourth-order valence-electron chi connectivity index (χ4n) is 3.48. The zero-order chi connectivity index (χ0) is 28.7. The van der Waals surface area contributed by atoms with Crippen molar-refractivity contribution in [2.24, 2.45) is 17.2 Å². The van der Waals surface area contributed by atoms with Crippen LogP contribution in [0.25, 0.3) is 0 Å². The molecular formula is C24H36N6O8. The zero-order valence-electron chi connectivity index (χ0n) is 20.9. The number of benzene rings is 1. The molecule has 210 valence electrons. The molecule has 1 aromatic rings. The lowest BCUT2D eigenvalue weighted by molar-refractivity contribution is -0.143. The Kier molecular flexibility index (Phi) is 14.0. The van der Waals surface area contributed by atoms with E-state index in [4.69, 9.17) is 22.3 Å². The van der Waals surface area contributed by atoms with E-state index in [1.165, 1.54) is 0 Å². The number of primary amides is 1. The normalized spacial score (nSPS) is 13.8. The van der Waals surface area contributed by atoms with Crippen LogP contribution in [-0.2, 0) is 35.2 Å². The zero-order valence-corrected chi connectivity index (χ0v) is 20.9. The number of carboxylic acids is 2. The Bertz CT molecular complexity index is 974. The molecule has 38 heavy (non-hydrogen) atoms. The fraction of sp³-hybridized carbons (Fsp3) is 0.500. The van der Waals surface area contributed by atoms with E-state index >= 15 is 0 Å². The van der Waals surface area contributed by atoms with Gasteiger partial charge in [0.25, 0.3) is 0 Å². The topological polar surface area (TPSA) is 257 Å². The number of carboxylic acid groups (broad SMARTS) is 2. The third-order valence-corrected chi connectivity index (χ3v) is 5.51. The molecule has 0 aromatic heterocycles. The maximum absolute atomic E-state index is 13.0. The minimum atomic E-state index is -1.51. The first-order chi connectivity index (χ1) is 17.9. The number of nitrogens with one attached hydrogen (secondary N) is 3. The van der Waals surface area contributed by atoms with Crippen LogP contribution >= 0.6 is 0 Å². The van der Waals surface area contributed by atoms with Gasteiger partial charge in [-0.3, -0.25) is 24.0 Å². The first-order valence-corrected chi connectivity index (χ1v) is 12.1. The van der Waals surface area contributed by atoms with Crippen molar-refractivity contribution in [1.82, 2.24) is 16.0 Å². The molecule has 0 bridgehead atoms. The maximum Gasteiger partial charge on any atom is 0.326 e. The van der Waals surface area contributed by atoms with Crippen LogP contribution < -0.4 is 33.2 Å². The number of nitrogens with two attached hydrogens (primary N) is 3. The van der Waals surface area contributed by atoms with Crippen molar-refractivity contribution in [3.05, 3.63) is 35.9 Å². The molecule has 0 saturated heterocycles. The highest BCUT2D eigenvalue weighted by Crippen LogP contribution is 2.06. The molecule has 0 spiro atoms. The smallest absolute Gasteiger partial charge is 0.326 e. The standard InChI is InChI=1S/C24H36N6O8/c25-11-5-4-8-17(24(37)38)29-22(35)16(9-10-20(32)33)28-23(36)18(13-19(27)31)30-21(34)15(26)12-14-6-2-1-3-7-14/h1-3,6-7,15-18H,4-5,8-13,25-26H2,(H2,27,31)(H,28,36)(H,29,35)(H,30,34)(H,32,33)(H,37,38). The number of aliphatic carboxylic acids is 2. The van der Waals surface area contributed by atoms with Gasteiger partial charge in [-0.2, -0.15) is 0 Å². The van der Waals surface area contributed by atoms with Crippen LogP contribution in [0.15, 0.2) is 30.3 Å². The van der Waals surface area contributed by atoms with E-state index < -0.39 is 72.6 Å². The molecule has 0 aliphatic heterocycles. The maximum atomic E-state index is 13.0. The molecule has 0 radical (unpaired) electrons. The van der Waals surface area contributed by atoms with Gasteiger partial charge in [0.05, 0.1) is 12.5 Å². The average Bonchev–Trinajstić information content (AvgIpc) is 2.85. The Hall–Kier alpha value is -4.04. The van der Waals surface area contributed by atoms with E-state index in [9.17, 15) is 33.9 Å². The Morgan fingerprint density at radius 3 is 1.92 bits per heavy atom. The van der Waals surface area contributed by atoms with E-state index in [1.807, 2.05) is 0 Å².